The van der Waals surface area contributed by atoms with Crippen molar-refractivity contribution >= 4 is 33.2 Å². The van der Waals surface area contributed by atoms with Gasteiger partial charge in [-0.05, 0) is 49.2 Å². The fourth-order valence-electron chi connectivity index (χ4n) is 1.90. The van der Waals surface area contributed by atoms with Crippen molar-refractivity contribution in [1.29, 1.82) is 0 Å². The second-order valence-corrected chi connectivity index (χ2v) is 5.78. The molecule has 0 heterocycles. The van der Waals surface area contributed by atoms with E-state index in [1.807, 2.05) is 32.0 Å². The smallest absolute Gasteiger partial charge is 0.124 e. The van der Waals surface area contributed by atoms with Gasteiger partial charge in [-0.15, -0.1) is 0 Å². The third-order valence-electron chi connectivity index (χ3n) is 2.93. The van der Waals surface area contributed by atoms with E-state index < -0.39 is 0 Å². The highest BCUT2D eigenvalue weighted by atomic mass is 79.9. The molecule has 2 aromatic carbocycles. The molecule has 2 rings (SSSR count). The van der Waals surface area contributed by atoms with Crippen LogP contribution in [0.1, 0.15) is 24.1 Å². The van der Waals surface area contributed by atoms with Gasteiger partial charge in [-0.3, -0.25) is 0 Å². The molecule has 0 aliphatic carbocycles. The summed E-state index contributed by atoms with van der Waals surface area (Å²) >= 11 is 9.57. The van der Waals surface area contributed by atoms with Crippen LogP contribution in [0.4, 0.5) is 10.1 Å². The first-order valence-corrected chi connectivity index (χ1v) is 7.12. The van der Waals surface area contributed by atoms with E-state index in [1.54, 1.807) is 6.07 Å². The zero-order valence-electron chi connectivity index (χ0n) is 10.7. The quantitative estimate of drug-likeness (QED) is 0.752. The Labute approximate surface area is 125 Å². The fourth-order valence-corrected chi connectivity index (χ4v) is 2.88. The molecule has 2 aromatic rings. The number of halogens is 3. The first-order chi connectivity index (χ1) is 8.97. The lowest BCUT2D eigenvalue weighted by atomic mass is 10.1. The monoisotopic (exact) mass is 341 g/mol. The Morgan fingerprint density at radius 1 is 1.21 bits per heavy atom. The van der Waals surface area contributed by atoms with Crippen LogP contribution in [0.3, 0.4) is 0 Å². The van der Waals surface area contributed by atoms with Crippen LogP contribution in [-0.2, 0) is 0 Å². The molecule has 0 saturated heterocycles. The van der Waals surface area contributed by atoms with Crippen LogP contribution in [0.5, 0.6) is 0 Å². The first kappa shape index (κ1) is 14.4. The van der Waals surface area contributed by atoms with E-state index in [4.69, 9.17) is 11.6 Å². The summed E-state index contributed by atoms with van der Waals surface area (Å²) in [4.78, 5) is 0. The molecule has 1 N–H and O–H groups in total. The van der Waals surface area contributed by atoms with E-state index in [-0.39, 0.29) is 11.9 Å². The van der Waals surface area contributed by atoms with E-state index in [1.165, 1.54) is 12.1 Å². The van der Waals surface area contributed by atoms with Crippen molar-refractivity contribution in [3.63, 3.8) is 0 Å². The molecule has 19 heavy (non-hydrogen) atoms. The predicted octanol–water partition coefficient (Wildman–Crippen LogP) is 5.72. The van der Waals surface area contributed by atoms with Crippen molar-refractivity contribution in [1.82, 2.24) is 0 Å². The topological polar surface area (TPSA) is 12.0 Å². The number of benzene rings is 2. The van der Waals surface area contributed by atoms with Crippen LogP contribution < -0.4 is 5.32 Å². The Morgan fingerprint density at radius 3 is 2.58 bits per heavy atom. The summed E-state index contributed by atoms with van der Waals surface area (Å²) in [6.45, 7) is 4.00. The molecule has 0 amide bonds. The Bertz CT molecular complexity index is 601. The van der Waals surface area contributed by atoms with Gasteiger partial charge in [-0.2, -0.15) is 0 Å². The lowest BCUT2D eigenvalue weighted by Gasteiger charge is -2.18. The zero-order chi connectivity index (χ0) is 14.0. The first-order valence-electron chi connectivity index (χ1n) is 5.95. The Kier molecular flexibility index (Phi) is 4.48. The maximum absolute atomic E-state index is 13.1. The summed E-state index contributed by atoms with van der Waals surface area (Å²) in [6.07, 6.45) is 0. The van der Waals surface area contributed by atoms with Crippen LogP contribution in [0.15, 0.2) is 40.9 Å². The van der Waals surface area contributed by atoms with Gasteiger partial charge in [0.15, 0.2) is 0 Å². The molecule has 0 aliphatic rings. The van der Waals surface area contributed by atoms with Gasteiger partial charge in [-0.25, -0.2) is 4.39 Å². The summed E-state index contributed by atoms with van der Waals surface area (Å²) in [5.74, 6) is -0.254. The minimum atomic E-state index is -0.254. The van der Waals surface area contributed by atoms with Crippen molar-refractivity contribution in [3.05, 3.63) is 62.8 Å². The van der Waals surface area contributed by atoms with Crippen molar-refractivity contribution < 1.29 is 4.39 Å². The minimum absolute atomic E-state index is 0.0233. The van der Waals surface area contributed by atoms with Gasteiger partial charge in [0, 0.05) is 10.5 Å². The number of hydrogen-bond acceptors (Lipinski definition) is 1. The second kappa shape index (κ2) is 5.93. The Balaban J connectivity index is 2.23. The Morgan fingerprint density at radius 2 is 1.95 bits per heavy atom. The molecule has 0 fully saturated rings. The van der Waals surface area contributed by atoms with E-state index in [0.717, 1.165) is 21.3 Å². The van der Waals surface area contributed by atoms with Crippen LogP contribution >= 0.6 is 27.5 Å². The number of anilines is 1. The second-order valence-electron chi connectivity index (χ2n) is 4.52. The summed E-state index contributed by atoms with van der Waals surface area (Å²) in [7, 11) is 0. The number of aryl methyl sites for hydroxylation is 1. The minimum Gasteiger partial charge on any atom is -0.377 e. The van der Waals surface area contributed by atoms with Gasteiger partial charge in [-0.1, -0.05) is 39.7 Å². The van der Waals surface area contributed by atoms with Crippen LogP contribution in [0.2, 0.25) is 5.02 Å². The summed E-state index contributed by atoms with van der Waals surface area (Å²) in [6, 6.07) is 10.6. The average Bonchev–Trinajstić information content (AvgIpc) is 2.32. The average molecular weight is 343 g/mol. The van der Waals surface area contributed by atoms with Gasteiger partial charge >= 0.3 is 0 Å². The third-order valence-corrected chi connectivity index (χ3v) is 3.93. The molecule has 0 saturated carbocycles. The van der Waals surface area contributed by atoms with E-state index in [9.17, 15) is 4.39 Å². The molecular formula is C15H14BrClFN. The maximum Gasteiger partial charge on any atom is 0.124 e. The largest absolute Gasteiger partial charge is 0.377 e. The number of nitrogens with one attached hydrogen (secondary N) is 1. The van der Waals surface area contributed by atoms with Crippen molar-refractivity contribution in [2.75, 3.05) is 5.32 Å². The molecule has 100 valence electrons. The molecule has 0 radical (unpaired) electrons. The van der Waals surface area contributed by atoms with Crippen LogP contribution in [0.25, 0.3) is 0 Å². The van der Waals surface area contributed by atoms with E-state index in [0.29, 0.717) is 5.02 Å². The lowest BCUT2D eigenvalue weighted by molar-refractivity contribution is 0.625. The van der Waals surface area contributed by atoms with Gasteiger partial charge < -0.3 is 5.32 Å². The normalized spacial score (nSPS) is 12.3. The molecule has 1 nitrogen and oxygen atoms in total. The highest BCUT2D eigenvalue weighted by molar-refractivity contribution is 9.10. The molecule has 0 spiro atoms. The zero-order valence-corrected chi connectivity index (χ0v) is 13.0. The standard InChI is InChI=1S/C15H14BrClFN/c1-9-3-6-15(14(17)7-9)19-10(2)12-5-4-11(18)8-13(12)16/h3-8,10,19H,1-2H3. The summed E-state index contributed by atoms with van der Waals surface area (Å²) in [5.41, 5.74) is 2.97. The molecule has 0 bridgehead atoms. The SMILES string of the molecule is Cc1ccc(NC(C)c2ccc(F)cc2Br)c(Cl)c1. The molecular weight excluding hydrogens is 329 g/mol. The van der Waals surface area contributed by atoms with Crippen molar-refractivity contribution in [3.8, 4) is 0 Å². The Hall–Kier alpha value is -1.06. The predicted molar refractivity (Wildman–Crippen MR) is 82.3 cm³/mol. The molecule has 0 aromatic heterocycles. The van der Waals surface area contributed by atoms with Gasteiger partial charge in [0.1, 0.15) is 5.82 Å². The molecule has 1 atom stereocenters. The van der Waals surface area contributed by atoms with Crippen LogP contribution in [0, 0.1) is 12.7 Å². The number of hydrogen-bond donors (Lipinski definition) is 1. The number of rotatable bonds is 3. The molecule has 1 unspecified atom stereocenters. The highest BCUT2D eigenvalue weighted by Crippen LogP contribution is 2.30. The van der Waals surface area contributed by atoms with Gasteiger partial charge in [0.2, 0.25) is 0 Å². The molecule has 0 aliphatic heterocycles. The van der Waals surface area contributed by atoms with E-state index in [2.05, 4.69) is 21.2 Å². The molecule has 4 heteroatoms. The van der Waals surface area contributed by atoms with Crippen molar-refractivity contribution in [2.24, 2.45) is 0 Å². The van der Waals surface area contributed by atoms with Gasteiger partial charge in [0.25, 0.3) is 0 Å². The third kappa shape index (κ3) is 3.48. The van der Waals surface area contributed by atoms with E-state index >= 15 is 0 Å². The maximum atomic E-state index is 13.1. The lowest BCUT2D eigenvalue weighted by Crippen LogP contribution is -2.08. The fraction of sp³-hybridized carbons (Fsp3) is 0.200. The van der Waals surface area contributed by atoms with Crippen molar-refractivity contribution in [2.45, 2.75) is 19.9 Å². The van der Waals surface area contributed by atoms with Gasteiger partial charge in [0.05, 0.1) is 10.7 Å². The summed E-state index contributed by atoms with van der Waals surface area (Å²) < 4.78 is 13.8. The van der Waals surface area contributed by atoms with Crippen LogP contribution in [-0.4, -0.2) is 0 Å². The highest BCUT2D eigenvalue weighted by Gasteiger charge is 2.11. The summed E-state index contributed by atoms with van der Waals surface area (Å²) in [5, 5.41) is 4.01.